The van der Waals surface area contributed by atoms with Gasteiger partial charge in [-0.15, -0.1) is 0 Å². The van der Waals surface area contributed by atoms with Crippen LogP contribution in [0, 0.1) is 29.6 Å². The van der Waals surface area contributed by atoms with Crippen LogP contribution in [-0.2, 0) is 36.0 Å². The lowest BCUT2D eigenvalue weighted by Gasteiger charge is -2.39. The lowest BCUT2D eigenvalue weighted by Crippen LogP contribution is -2.51. The number of nitrogens with zero attached hydrogens (tertiary/aromatic N) is 2. The summed E-state index contributed by atoms with van der Waals surface area (Å²) < 4.78 is 21.8. The first-order valence-electron chi connectivity index (χ1n) is 30.2. The fourth-order valence-corrected chi connectivity index (χ4v) is 12.3. The van der Waals surface area contributed by atoms with Crippen molar-refractivity contribution in [3.63, 3.8) is 0 Å². The molecule has 16 nitrogen and oxygen atoms in total. The molecule has 1 unspecified atom stereocenters. The van der Waals surface area contributed by atoms with Crippen LogP contribution in [0.15, 0.2) is 60.7 Å². The number of esters is 1. The third kappa shape index (κ3) is 34.9. The van der Waals surface area contributed by atoms with E-state index in [1.807, 2.05) is 52.0 Å². The molecule has 2 aliphatic heterocycles. The van der Waals surface area contributed by atoms with Crippen molar-refractivity contribution >= 4 is 93.4 Å². The highest BCUT2D eigenvalue weighted by atomic mass is 32.2. The summed E-state index contributed by atoms with van der Waals surface area (Å²) in [5.74, 6) is -0.107. The van der Waals surface area contributed by atoms with Crippen molar-refractivity contribution in [2.75, 3.05) is 31.8 Å². The van der Waals surface area contributed by atoms with Crippen molar-refractivity contribution in [1.82, 2.24) is 9.80 Å². The molecule has 10 atom stereocenters. The second-order valence-corrected chi connectivity index (χ2v) is 25.7. The Morgan fingerprint density at radius 2 is 1.13 bits per heavy atom. The molecule has 2 aliphatic carbocycles. The topological polar surface area (TPSA) is 243 Å². The first-order chi connectivity index (χ1) is 38.3. The molecule has 6 rings (SSSR count). The zero-order valence-corrected chi connectivity index (χ0v) is 58.0. The monoisotopic (exact) mass is 1320 g/mol. The molecule has 0 radical (unpaired) electrons. The number of likely N-dealkylation sites (tertiary alicyclic amines) is 2. The fraction of sp³-hybridized carbons (Fsp3) is 0.787. The van der Waals surface area contributed by atoms with E-state index in [9.17, 15) is 45.6 Å². The van der Waals surface area contributed by atoms with Gasteiger partial charge in [-0.3, -0.25) is 18.8 Å². The van der Waals surface area contributed by atoms with Crippen LogP contribution in [0.3, 0.4) is 0 Å². The molecule has 2 aromatic rings. The fourth-order valence-electron chi connectivity index (χ4n) is 11.4. The minimum absolute atomic E-state index is 0. The smallest absolute Gasteiger partial charge is 0.307 e. The summed E-state index contributed by atoms with van der Waals surface area (Å²) in [5.41, 5.74) is 2.63. The molecule has 2 saturated heterocycles. The van der Waals surface area contributed by atoms with Crippen LogP contribution in [0.1, 0.15) is 181 Å². The van der Waals surface area contributed by atoms with Crippen LogP contribution < -0.4 is 0 Å². The van der Waals surface area contributed by atoms with Crippen molar-refractivity contribution < 1.29 is 68.9 Å². The van der Waals surface area contributed by atoms with Gasteiger partial charge in [-0.1, -0.05) is 166 Å². The number of hydrogen-bond acceptors (Lipinski definition) is 18. The Labute approximate surface area is 545 Å². The van der Waals surface area contributed by atoms with E-state index in [0.717, 1.165) is 56.7 Å². The van der Waals surface area contributed by atoms with Crippen LogP contribution in [0.25, 0.3) is 0 Å². The summed E-state index contributed by atoms with van der Waals surface area (Å²) in [6, 6.07) is 19.6. The van der Waals surface area contributed by atoms with Gasteiger partial charge in [0.2, 0.25) is 6.79 Å². The zero-order chi connectivity index (χ0) is 58.9. The summed E-state index contributed by atoms with van der Waals surface area (Å²) in [5, 5.41) is 84.0. The molecule has 23 heteroatoms. The quantitative estimate of drug-likeness (QED) is 0.00874. The largest absolute Gasteiger partial charge is 0.437 e. The minimum Gasteiger partial charge on any atom is -0.437 e. The van der Waals surface area contributed by atoms with E-state index in [4.69, 9.17) is 23.3 Å². The second-order valence-electron chi connectivity index (χ2n) is 23.0. The zero-order valence-electron chi connectivity index (χ0n) is 51.3. The van der Waals surface area contributed by atoms with Crippen molar-refractivity contribution in [2.45, 2.75) is 244 Å². The number of aliphatic hydroxyl groups excluding tert-OH is 5. The summed E-state index contributed by atoms with van der Waals surface area (Å²) >= 11 is 4.99. The van der Waals surface area contributed by atoms with E-state index < -0.39 is 55.5 Å². The highest BCUT2D eigenvalue weighted by molar-refractivity contribution is 7.94. The Kier molecular flexibility index (Phi) is 50.7. The van der Waals surface area contributed by atoms with Crippen molar-refractivity contribution in [3.05, 3.63) is 71.8 Å². The second kappa shape index (κ2) is 49.6. The van der Waals surface area contributed by atoms with Gasteiger partial charge in [-0.05, 0) is 116 Å². The lowest BCUT2D eigenvalue weighted by molar-refractivity contribution is -0.342. The van der Waals surface area contributed by atoms with Gasteiger partial charge in [0, 0.05) is 47.1 Å². The summed E-state index contributed by atoms with van der Waals surface area (Å²) in [6.07, 6.45) is 14.2. The molecule has 2 aromatic carbocycles. The molecule has 2 heterocycles. The third-order valence-electron chi connectivity index (χ3n) is 15.8. The number of unbranched alkanes of at least 4 members (excludes halogenated alkanes) is 2. The third-order valence-corrected chi connectivity index (χ3v) is 17.0. The number of hydrogen-bond donors (Lipinski definition) is 10. The van der Waals surface area contributed by atoms with Crippen LogP contribution in [0.2, 0.25) is 0 Å². The average Bonchev–Trinajstić information content (AvgIpc) is 4.35. The van der Waals surface area contributed by atoms with E-state index in [-0.39, 0.29) is 106 Å². The van der Waals surface area contributed by atoms with Gasteiger partial charge in [-0.25, -0.2) is 0 Å². The Bertz CT molecular complexity index is 1850. The van der Waals surface area contributed by atoms with Crippen LogP contribution in [-0.4, -0.2) is 154 Å². The first kappa shape index (κ1) is 85.9. The average molecular weight is 1320 g/mol. The van der Waals surface area contributed by atoms with Crippen molar-refractivity contribution in [1.29, 1.82) is 0 Å². The number of ether oxygens (including phenoxy) is 3. The maximum Gasteiger partial charge on any atom is 0.307 e. The summed E-state index contributed by atoms with van der Waals surface area (Å²) in [7, 11) is 0.125. The number of carbonyl (C=O) groups is 1. The molecule has 0 spiro atoms. The predicted octanol–water partition coefficient (Wildman–Crippen LogP) is 9.95. The van der Waals surface area contributed by atoms with Crippen molar-refractivity contribution in [3.8, 4) is 0 Å². The van der Waals surface area contributed by atoms with Crippen LogP contribution in [0.5, 0.6) is 0 Å². The number of rotatable bonds is 30. The van der Waals surface area contributed by atoms with Crippen LogP contribution in [0.4, 0.5) is 0 Å². The molecule has 84 heavy (non-hydrogen) atoms. The maximum absolute atomic E-state index is 11.8. The van der Waals surface area contributed by atoms with Gasteiger partial charge in [-0.2, -0.15) is 66.6 Å². The Hall–Kier alpha value is -0.120. The van der Waals surface area contributed by atoms with Gasteiger partial charge >= 0.3 is 5.97 Å². The maximum atomic E-state index is 11.8. The molecular formula is C61H115N2O14PS6. The van der Waals surface area contributed by atoms with E-state index in [2.05, 4.69) is 49.0 Å². The number of carbonyl (C=O) groups excluding carboxylic acids is 1. The van der Waals surface area contributed by atoms with Gasteiger partial charge in [0.05, 0.1) is 17.8 Å². The Balaban J connectivity index is 0. The molecule has 494 valence electrons. The SMILES string of the molecule is CC(C)S.CCC(=O)OCOSC[C@@H](O)N1C[C@H](C2CCCCC2)C[C@H]1C(O)O.CC[C@H](O)O[C@@H](O[C@](O)(CCCCc1ccccc1)C[C@@H](O)N1C[C@H](C2CCCCC2)C[C@H]1C(O)O)C(C)C.OPCCCCc1ccccc1.S.S.S.S. The number of benzene rings is 2. The van der Waals surface area contributed by atoms with Gasteiger partial charge in [0.1, 0.15) is 12.5 Å². The predicted molar refractivity (Wildman–Crippen MR) is 365 cm³/mol. The standard InChI is InChI=1S/C31H53NO7.C17H31NO6S.C10H15OP.C3H8S.4H2S/c1-4-28(34)38-30(22(2)3)39-31(37,18-12-11-15-23-13-7-5-8-14-23)20-27(33)32-21-25(19-26(32)29(35)36)24-16-9-6-10-17-24;1-2-16(20)23-11-24-25-10-15(19)18-9-13(8-14(18)17(21)22)12-6-4-3-5-7-12;11-12-9-5-4-8-10-6-2-1-3-7-10;1-3(2)4;;;;/h5,7-8,13-14,22,24-30,33-37H,4,6,9-12,15-21H2,1-3H3;12-15,17,19,21-22H,2-11H2,1H3;1-3,6-7,11-12H,4-5,8-9H2;3-4H,1-2H3;4*1H2/t25-,26+,27-,28-,30+,31-;13-,14+,15-;;;;;;/m11....../s1. The molecule has 4 fully saturated rings. The van der Waals surface area contributed by atoms with E-state index in [1.54, 1.807) is 23.6 Å². The first-order valence-corrected chi connectivity index (χ1v) is 32.8. The van der Waals surface area contributed by atoms with Crippen molar-refractivity contribution in [2.24, 2.45) is 29.6 Å². The lowest BCUT2D eigenvalue weighted by atomic mass is 9.79. The van der Waals surface area contributed by atoms with E-state index >= 15 is 0 Å². The van der Waals surface area contributed by atoms with E-state index in [0.29, 0.717) is 68.2 Å². The summed E-state index contributed by atoms with van der Waals surface area (Å²) in [6.45, 7) is 12.5. The van der Waals surface area contributed by atoms with Gasteiger partial charge in [0.15, 0.2) is 30.9 Å². The Morgan fingerprint density at radius 1 is 0.679 bits per heavy atom. The molecule has 0 bridgehead atoms. The number of thiol groups is 1. The van der Waals surface area contributed by atoms with Gasteiger partial charge < -0.3 is 60.0 Å². The highest BCUT2D eigenvalue weighted by Gasteiger charge is 2.46. The molecule has 4 aliphatic rings. The molecular weight excluding hydrogens is 1210 g/mol. The Morgan fingerprint density at radius 3 is 1.55 bits per heavy atom. The van der Waals surface area contributed by atoms with Crippen LogP contribution >= 0.6 is 87.5 Å². The minimum atomic E-state index is -1.72. The normalized spacial score (nSPS) is 21.7. The van der Waals surface area contributed by atoms with E-state index in [1.165, 1.54) is 68.9 Å². The molecule has 0 amide bonds. The summed E-state index contributed by atoms with van der Waals surface area (Å²) in [4.78, 5) is 23.1. The molecule has 2 saturated carbocycles. The molecule has 9 N–H and O–H groups in total. The number of aryl methyl sites for hydroxylation is 2. The van der Waals surface area contributed by atoms with Gasteiger partial charge in [0.25, 0.3) is 0 Å². The molecule has 0 aromatic heterocycles. The highest BCUT2D eigenvalue weighted by Crippen LogP contribution is 2.41. The number of aliphatic hydroxyl groups is 8.